The van der Waals surface area contributed by atoms with Gasteiger partial charge in [-0.05, 0) is 33.4 Å². The van der Waals surface area contributed by atoms with Crippen molar-refractivity contribution in [2.45, 2.75) is 25.8 Å². The van der Waals surface area contributed by atoms with Crippen LogP contribution in [-0.4, -0.2) is 48.8 Å². The molecule has 1 atom stereocenters. The van der Waals surface area contributed by atoms with Crippen LogP contribution in [0, 0.1) is 11.8 Å². The first-order valence-corrected chi connectivity index (χ1v) is 5.14. The molecule has 1 unspecified atom stereocenters. The highest BCUT2D eigenvalue weighted by atomic mass is 16.2. The van der Waals surface area contributed by atoms with Gasteiger partial charge in [-0.15, -0.1) is 0 Å². The van der Waals surface area contributed by atoms with Crippen LogP contribution in [0.25, 0.3) is 0 Å². The Kier molecular flexibility index (Phi) is 7.18. The van der Waals surface area contributed by atoms with Gasteiger partial charge in [-0.2, -0.15) is 0 Å². The molecule has 90 valence electrons. The summed E-state index contributed by atoms with van der Waals surface area (Å²) < 4.78 is 0. The third-order valence-corrected chi connectivity index (χ3v) is 2.00. The molecule has 5 heteroatoms. The molecule has 16 heavy (non-hydrogen) atoms. The second-order valence-electron chi connectivity index (χ2n) is 3.85. The summed E-state index contributed by atoms with van der Waals surface area (Å²) in [6.07, 6.45) is 1.76. The molecule has 0 aliphatic rings. The van der Waals surface area contributed by atoms with Crippen LogP contribution in [0.5, 0.6) is 0 Å². The Morgan fingerprint density at radius 1 is 1.50 bits per heavy atom. The Labute approximate surface area is 96.5 Å². The Morgan fingerprint density at radius 3 is 2.62 bits per heavy atom. The lowest BCUT2D eigenvalue weighted by atomic mass is 10.2. The molecule has 0 saturated carbocycles. The third kappa shape index (κ3) is 6.17. The predicted octanol–water partition coefficient (Wildman–Crippen LogP) is -0.379. The fraction of sp³-hybridized carbons (Fsp3) is 0.636. The Bertz CT molecular complexity index is 291. The lowest BCUT2D eigenvalue weighted by Crippen LogP contribution is -2.43. The quantitative estimate of drug-likeness (QED) is 0.228. The Morgan fingerprint density at radius 2 is 2.12 bits per heavy atom. The molecule has 0 heterocycles. The molecule has 0 aromatic carbocycles. The summed E-state index contributed by atoms with van der Waals surface area (Å²) in [5, 5.41) is 1.08. The molecular formula is C11H19N3O2. The molecule has 2 N–H and O–H groups in total. The van der Waals surface area contributed by atoms with Crippen LogP contribution in [0.3, 0.4) is 0 Å². The molecule has 0 rings (SSSR count). The van der Waals surface area contributed by atoms with Crippen LogP contribution in [-0.2, 0) is 9.59 Å². The van der Waals surface area contributed by atoms with Gasteiger partial charge in [-0.3, -0.25) is 14.7 Å². The summed E-state index contributed by atoms with van der Waals surface area (Å²) in [4.78, 5) is 23.5. The predicted molar refractivity (Wildman–Crippen MR) is 62.1 cm³/mol. The van der Waals surface area contributed by atoms with E-state index >= 15 is 0 Å². The Hall–Kier alpha value is -1.38. The van der Waals surface area contributed by atoms with Crippen molar-refractivity contribution in [1.29, 1.82) is 0 Å². The lowest BCUT2D eigenvalue weighted by Gasteiger charge is -2.20. The van der Waals surface area contributed by atoms with Crippen LogP contribution in [0.1, 0.15) is 19.8 Å². The summed E-state index contributed by atoms with van der Waals surface area (Å²) in [6.45, 7) is 2.30. The molecule has 0 aliphatic carbocycles. The summed E-state index contributed by atoms with van der Waals surface area (Å²) in [5.41, 5.74) is 0. The van der Waals surface area contributed by atoms with Crippen molar-refractivity contribution in [3.05, 3.63) is 0 Å². The number of nitrogens with zero attached hydrogens (tertiary/aromatic N) is 2. The van der Waals surface area contributed by atoms with Crippen LogP contribution in [0.15, 0.2) is 0 Å². The topological polar surface area (TPSA) is 66.6 Å². The third-order valence-electron chi connectivity index (χ3n) is 2.00. The lowest BCUT2D eigenvalue weighted by molar-refractivity contribution is -0.127. The standard InChI is InChI=1S/C11H19N3O2/c1-10(6-5-9-15)14(12)11(16)7-4-8-13(2)3/h9-10H,5-6,8,12H2,1-3H3. The molecule has 5 nitrogen and oxygen atoms in total. The summed E-state index contributed by atoms with van der Waals surface area (Å²) in [6, 6.07) is -0.175. The molecule has 0 radical (unpaired) electrons. The first-order chi connectivity index (χ1) is 7.49. The second kappa shape index (κ2) is 7.85. The highest BCUT2D eigenvalue weighted by Gasteiger charge is 2.13. The van der Waals surface area contributed by atoms with E-state index in [9.17, 15) is 9.59 Å². The van der Waals surface area contributed by atoms with Crippen LogP contribution < -0.4 is 5.84 Å². The van der Waals surface area contributed by atoms with E-state index in [4.69, 9.17) is 5.84 Å². The number of rotatable bonds is 5. The molecule has 0 aromatic rings. The zero-order valence-corrected chi connectivity index (χ0v) is 10.1. The minimum atomic E-state index is -0.416. The first kappa shape index (κ1) is 14.6. The Balaban J connectivity index is 4.14. The summed E-state index contributed by atoms with van der Waals surface area (Å²) in [5.74, 6) is 10.3. The number of carbonyl (C=O) groups is 2. The molecule has 0 aliphatic heterocycles. The van der Waals surface area contributed by atoms with Crippen molar-refractivity contribution >= 4 is 12.2 Å². The molecule has 1 amide bonds. The van der Waals surface area contributed by atoms with Gasteiger partial charge in [-0.25, -0.2) is 5.84 Å². The number of aldehydes is 1. The molecule has 0 bridgehead atoms. The normalized spacial score (nSPS) is 11.6. The number of amides is 1. The van der Waals surface area contributed by atoms with Crippen molar-refractivity contribution in [3.63, 3.8) is 0 Å². The first-order valence-electron chi connectivity index (χ1n) is 5.14. The number of hydrazine groups is 1. The van der Waals surface area contributed by atoms with Crippen LogP contribution in [0.2, 0.25) is 0 Å². The molecule has 0 aromatic heterocycles. The van der Waals surface area contributed by atoms with E-state index in [0.717, 1.165) is 11.3 Å². The maximum absolute atomic E-state index is 11.4. The fourth-order valence-electron chi connectivity index (χ4n) is 0.986. The number of hydrogen-bond donors (Lipinski definition) is 1. The largest absolute Gasteiger partial charge is 0.312 e. The van der Waals surface area contributed by atoms with E-state index < -0.39 is 5.91 Å². The molecule has 0 spiro atoms. The van der Waals surface area contributed by atoms with Gasteiger partial charge in [0.1, 0.15) is 6.29 Å². The van der Waals surface area contributed by atoms with Crippen molar-refractivity contribution < 1.29 is 9.59 Å². The van der Waals surface area contributed by atoms with Gasteiger partial charge in [0.25, 0.3) is 0 Å². The number of carbonyl (C=O) groups excluding carboxylic acids is 2. The zero-order chi connectivity index (χ0) is 12.6. The van der Waals surface area contributed by atoms with Gasteiger partial charge in [0.2, 0.25) is 0 Å². The highest BCUT2D eigenvalue weighted by Crippen LogP contribution is 2.00. The van der Waals surface area contributed by atoms with Crippen molar-refractivity contribution in [2.24, 2.45) is 5.84 Å². The van der Waals surface area contributed by atoms with Gasteiger partial charge < -0.3 is 4.79 Å². The maximum Gasteiger partial charge on any atom is 0.312 e. The smallest absolute Gasteiger partial charge is 0.303 e. The number of nitrogens with two attached hydrogens (primary N) is 1. The van der Waals surface area contributed by atoms with E-state index in [1.54, 1.807) is 6.92 Å². The monoisotopic (exact) mass is 225 g/mol. The van der Waals surface area contributed by atoms with E-state index in [0.29, 0.717) is 19.4 Å². The minimum Gasteiger partial charge on any atom is -0.303 e. The summed E-state index contributed by atoms with van der Waals surface area (Å²) in [7, 11) is 3.73. The van der Waals surface area contributed by atoms with Gasteiger partial charge in [0.05, 0.1) is 6.54 Å². The SMILES string of the molecule is CC(CCC=O)N(N)C(=O)C#CCN(C)C. The average molecular weight is 225 g/mol. The molecule has 0 fully saturated rings. The minimum absolute atomic E-state index is 0.175. The molecule has 0 saturated heterocycles. The van der Waals surface area contributed by atoms with Gasteiger partial charge in [-0.1, -0.05) is 5.92 Å². The van der Waals surface area contributed by atoms with Crippen molar-refractivity contribution in [1.82, 2.24) is 9.91 Å². The molecular weight excluding hydrogens is 206 g/mol. The van der Waals surface area contributed by atoms with E-state index in [2.05, 4.69) is 11.8 Å². The average Bonchev–Trinajstić information content (AvgIpc) is 2.24. The van der Waals surface area contributed by atoms with Crippen LogP contribution >= 0.6 is 0 Å². The maximum atomic E-state index is 11.4. The fourth-order valence-corrected chi connectivity index (χ4v) is 0.986. The van der Waals surface area contributed by atoms with E-state index in [-0.39, 0.29) is 6.04 Å². The van der Waals surface area contributed by atoms with Gasteiger partial charge in [0.15, 0.2) is 0 Å². The van der Waals surface area contributed by atoms with Gasteiger partial charge in [0, 0.05) is 12.5 Å². The van der Waals surface area contributed by atoms with Gasteiger partial charge >= 0.3 is 5.91 Å². The van der Waals surface area contributed by atoms with Crippen LogP contribution in [0.4, 0.5) is 0 Å². The highest BCUT2D eigenvalue weighted by molar-refractivity contribution is 5.93. The van der Waals surface area contributed by atoms with E-state index in [1.165, 1.54) is 0 Å². The van der Waals surface area contributed by atoms with E-state index in [1.807, 2.05) is 19.0 Å². The van der Waals surface area contributed by atoms with Crippen molar-refractivity contribution in [3.8, 4) is 11.8 Å². The second-order valence-corrected chi connectivity index (χ2v) is 3.85. The van der Waals surface area contributed by atoms with Crippen molar-refractivity contribution in [2.75, 3.05) is 20.6 Å². The summed E-state index contributed by atoms with van der Waals surface area (Å²) >= 11 is 0. The zero-order valence-electron chi connectivity index (χ0n) is 10.1. The number of hydrogen-bond acceptors (Lipinski definition) is 4.